The number of hydroxylamine groups is 1. The first-order chi connectivity index (χ1) is 4.54. The molecule has 4 heteroatoms. The van der Waals surface area contributed by atoms with Crippen molar-refractivity contribution in [2.45, 2.75) is 26.5 Å². The van der Waals surface area contributed by atoms with Crippen LogP contribution in [0.4, 0.5) is 0 Å². The molecule has 0 aliphatic heterocycles. The summed E-state index contributed by atoms with van der Waals surface area (Å²) >= 11 is 0. The van der Waals surface area contributed by atoms with Crippen LogP contribution < -0.4 is 5.48 Å². The summed E-state index contributed by atoms with van der Waals surface area (Å²) < 4.78 is 0. The molecule has 0 rings (SSSR count). The Bertz CT molecular complexity index is 95.0. The van der Waals surface area contributed by atoms with E-state index in [1.807, 2.05) is 0 Å². The van der Waals surface area contributed by atoms with Gasteiger partial charge in [-0.1, -0.05) is 13.8 Å². The monoisotopic (exact) mass is 149 g/mol. The Balaban J connectivity index is 3.82. The second-order valence-corrected chi connectivity index (χ2v) is 2.99. The van der Waals surface area contributed by atoms with Crippen LogP contribution in [0.5, 0.6) is 0 Å². The molecule has 62 valence electrons. The molecule has 0 aliphatic rings. The molecule has 1 unspecified atom stereocenters. The van der Waals surface area contributed by atoms with Crippen LogP contribution in [0.25, 0.3) is 0 Å². The molecule has 0 fully saturated rings. The smallest absolute Gasteiger partial charge is 0.131 e. The van der Waals surface area contributed by atoms with Crippen molar-refractivity contribution in [3.05, 3.63) is 0 Å². The molecular formula is C6H15NO3. The van der Waals surface area contributed by atoms with Crippen molar-refractivity contribution in [2.24, 2.45) is 5.41 Å². The van der Waals surface area contributed by atoms with Crippen molar-refractivity contribution in [3.8, 4) is 0 Å². The lowest BCUT2D eigenvalue weighted by Crippen LogP contribution is -2.40. The van der Waals surface area contributed by atoms with Crippen LogP contribution >= 0.6 is 0 Å². The molecule has 1 atom stereocenters. The second kappa shape index (κ2) is 3.88. The predicted octanol–water partition coefficient (Wildman–Crippen LogP) is -0.308. The maximum Gasteiger partial charge on any atom is 0.131 e. The summed E-state index contributed by atoms with van der Waals surface area (Å²) in [6.07, 6.45) is -0.540. The Morgan fingerprint density at radius 1 is 1.50 bits per heavy atom. The minimum absolute atomic E-state index is 0.00569. The van der Waals surface area contributed by atoms with Gasteiger partial charge in [0.15, 0.2) is 0 Å². The molecule has 0 aromatic heterocycles. The van der Waals surface area contributed by atoms with Crippen molar-refractivity contribution in [1.82, 2.24) is 5.48 Å². The number of aliphatic hydroxyl groups is 2. The Morgan fingerprint density at radius 2 is 2.00 bits per heavy atom. The molecule has 4 N–H and O–H groups in total. The molecule has 0 saturated carbocycles. The van der Waals surface area contributed by atoms with Gasteiger partial charge >= 0.3 is 0 Å². The highest BCUT2D eigenvalue weighted by Crippen LogP contribution is 2.22. The average Bonchev–Trinajstić information content (AvgIpc) is 1.86. The van der Waals surface area contributed by atoms with Crippen LogP contribution in [-0.2, 0) is 0 Å². The van der Waals surface area contributed by atoms with Gasteiger partial charge in [0.25, 0.3) is 0 Å². The third-order valence-electron chi connectivity index (χ3n) is 1.62. The quantitative estimate of drug-likeness (QED) is 0.327. The lowest BCUT2D eigenvalue weighted by Gasteiger charge is -2.28. The van der Waals surface area contributed by atoms with Crippen LogP contribution in [0.2, 0.25) is 0 Å². The van der Waals surface area contributed by atoms with Crippen LogP contribution in [0.1, 0.15) is 20.3 Å². The first-order valence-electron chi connectivity index (χ1n) is 3.23. The summed E-state index contributed by atoms with van der Waals surface area (Å²) in [5.41, 5.74) is 1.24. The fourth-order valence-electron chi connectivity index (χ4n) is 0.600. The van der Waals surface area contributed by atoms with Gasteiger partial charge in [-0.3, -0.25) is 0 Å². The van der Waals surface area contributed by atoms with Gasteiger partial charge in [0.05, 0.1) is 0 Å². The third kappa shape index (κ3) is 2.62. The highest BCUT2D eigenvalue weighted by molar-refractivity contribution is 4.72. The van der Waals surface area contributed by atoms with Gasteiger partial charge in [0, 0.05) is 12.0 Å². The predicted molar refractivity (Wildman–Crippen MR) is 36.4 cm³/mol. The highest BCUT2D eigenvalue weighted by Gasteiger charge is 2.26. The van der Waals surface area contributed by atoms with E-state index >= 15 is 0 Å². The normalized spacial score (nSPS) is 15.3. The largest absolute Gasteiger partial charge is 0.396 e. The first-order valence-corrected chi connectivity index (χ1v) is 3.23. The number of hydrogen-bond donors (Lipinski definition) is 4. The van der Waals surface area contributed by atoms with Crippen LogP contribution in [-0.4, -0.2) is 28.3 Å². The maximum absolute atomic E-state index is 9.04. The molecule has 0 heterocycles. The molecule has 0 aromatic rings. The molecule has 4 nitrogen and oxygen atoms in total. The average molecular weight is 149 g/mol. The number of nitrogens with one attached hydrogen (secondary N) is 1. The number of hydrogen-bond acceptors (Lipinski definition) is 4. The van der Waals surface area contributed by atoms with Crippen LogP contribution in [0, 0.1) is 5.41 Å². The molecule has 0 radical (unpaired) electrons. The van der Waals surface area contributed by atoms with Crippen LogP contribution in [0.3, 0.4) is 0 Å². The molecule has 0 saturated heterocycles. The van der Waals surface area contributed by atoms with E-state index in [9.17, 15) is 0 Å². The van der Waals surface area contributed by atoms with E-state index in [4.69, 9.17) is 15.4 Å². The fourth-order valence-corrected chi connectivity index (χ4v) is 0.600. The molecule has 0 spiro atoms. The van der Waals surface area contributed by atoms with E-state index in [1.165, 1.54) is 0 Å². The van der Waals surface area contributed by atoms with Crippen LogP contribution in [0.15, 0.2) is 0 Å². The van der Waals surface area contributed by atoms with Gasteiger partial charge in [-0.15, -0.1) is 0 Å². The topological polar surface area (TPSA) is 72.7 Å². The summed E-state index contributed by atoms with van der Waals surface area (Å²) in [6, 6.07) is 0. The van der Waals surface area contributed by atoms with E-state index in [0.717, 1.165) is 0 Å². The van der Waals surface area contributed by atoms with Gasteiger partial charge in [0.1, 0.15) is 6.23 Å². The fraction of sp³-hybridized carbons (Fsp3) is 1.00. The first kappa shape index (κ1) is 9.84. The number of aliphatic hydroxyl groups excluding tert-OH is 2. The molecule has 0 bridgehead atoms. The zero-order valence-electron chi connectivity index (χ0n) is 6.33. The minimum atomic E-state index is -0.986. The zero-order valence-corrected chi connectivity index (χ0v) is 6.33. The summed E-state index contributed by atoms with van der Waals surface area (Å²) in [4.78, 5) is 0. The second-order valence-electron chi connectivity index (χ2n) is 2.99. The van der Waals surface area contributed by atoms with E-state index in [2.05, 4.69) is 0 Å². The minimum Gasteiger partial charge on any atom is -0.396 e. The highest BCUT2D eigenvalue weighted by atomic mass is 16.5. The summed E-state index contributed by atoms with van der Waals surface area (Å²) in [5, 5.41) is 25.9. The molecular weight excluding hydrogens is 134 g/mol. The van der Waals surface area contributed by atoms with Gasteiger partial charge < -0.3 is 15.4 Å². The van der Waals surface area contributed by atoms with Crippen molar-refractivity contribution in [1.29, 1.82) is 0 Å². The van der Waals surface area contributed by atoms with Gasteiger partial charge in [0.2, 0.25) is 0 Å². The standard InChI is InChI=1S/C6H15NO3/c1-6(2,3-4-8)5(9)7-10/h5,7-10H,3-4H2,1-2H3. The third-order valence-corrected chi connectivity index (χ3v) is 1.62. The summed E-state index contributed by atoms with van der Waals surface area (Å²) in [5.74, 6) is 0. The number of rotatable bonds is 4. The van der Waals surface area contributed by atoms with Gasteiger partial charge in [-0.05, 0) is 6.42 Å². The summed E-state index contributed by atoms with van der Waals surface area (Å²) in [7, 11) is 0. The maximum atomic E-state index is 9.04. The Kier molecular flexibility index (Phi) is 3.81. The molecule has 10 heavy (non-hydrogen) atoms. The SMILES string of the molecule is CC(C)(CCO)C(O)NO. The van der Waals surface area contributed by atoms with E-state index in [1.54, 1.807) is 19.3 Å². The zero-order chi connectivity index (χ0) is 8.20. The van der Waals surface area contributed by atoms with Crippen molar-refractivity contribution < 1.29 is 15.4 Å². The van der Waals surface area contributed by atoms with Crippen molar-refractivity contribution in [3.63, 3.8) is 0 Å². The van der Waals surface area contributed by atoms with E-state index < -0.39 is 11.6 Å². The van der Waals surface area contributed by atoms with E-state index in [0.29, 0.717) is 6.42 Å². The Morgan fingerprint density at radius 3 is 2.30 bits per heavy atom. The van der Waals surface area contributed by atoms with Crippen molar-refractivity contribution >= 4 is 0 Å². The molecule has 0 aliphatic carbocycles. The van der Waals surface area contributed by atoms with Crippen molar-refractivity contribution in [2.75, 3.05) is 6.61 Å². The molecule has 0 aromatic carbocycles. The summed E-state index contributed by atoms with van der Waals surface area (Å²) in [6.45, 7) is 3.50. The Hall–Kier alpha value is -0.160. The Labute approximate surface area is 60.5 Å². The van der Waals surface area contributed by atoms with Gasteiger partial charge in [-0.2, -0.15) is 5.48 Å². The molecule has 0 amide bonds. The van der Waals surface area contributed by atoms with Gasteiger partial charge in [-0.25, -0.2) is 0 Å². The lowest BCUT2D eigenvalue weighted by atomic mass is 9.88. The van der Waals surface area contributed by atoms with E-state index in [-0.39, 0.29) is 6.61 Å². The lowest BCUT2D eigenvalue weighted by molar-refractivity contribution is -0.0741.